The maximum absolute atomic E-state index is 13.1. The SMILES string of the molecule is CC(=O)C(c1ccccc1)C(C[N+](=O)[O-])c1ccc(F)cc1. The normalized spacial score (nSPS) is 13.4. The molecule has 0 fully saturated rings. The summed E-state index contributed by atoms with van der Waals surface area (Å²) in [6.07, 6.45) is 0. The van der Waals surface area contributed by atoms with Crippen molar-refractivity contribution in [3.05, 3.63) is 81.7 Å². The molecule has 0 saturated heterocycles. The molecule has 0 amide bonds. The monoisotopic (exact) mass is 301 g/mol. The second kappa shape index (κ2) is 6.93. The predicted octanol–water partition coefficient (Wildman–Crippen LogP) is 3.56. The molecule has 0 aromatic heterocycles. The van der Waals surface area contributed by atoms with E-state index in [1.807, 2.05) is 6.07 Å². The summed E-state index contributed by atoms with van der Waals surface area (Å²) in [5.41, 5.74) is 1.31. The maximum Gasteiger partial charge on any atom is 0.211 e. The summed E-state index contributed by atoms with van der Waals surface area (Å²) < 4.78 is 13.1. The number of hydrogen-bond donors (Lipinski definition) is 0. The maximum atomic E-state index is 13.1. The highest BCUT2D eigenvalue weighted by molar-refractivity contribution is 5.84. The highest BCUT2D eigenvalue weighted by atomic mass is 19.1. The summed E-state index contributed by atoms with van der Waals surface area (Å²) in [5.74, 6) is -1.82. The Morgan fingerprint density at radius 1 is 1.09 bits per heavy atom. The van der Waals surface area contributed by atoms with Gasteiger partial charge in [0.2, 0.25) is 6.54 Å². The molecule has 2 aromatic rings. The molecule has 0 saturated carbocycles. The first kappa shape index (κ1) is 15.8. The van der Waals surface area contributed by atoms with Crippen LogP contribution in [-0.4, -0.2) is 17.3 Å². The van der Waals surface area contributed by atoms with Gasteiger partial charge in [0.1, 0.15) is 11.6 Å². The Labute approximate surface area is 127 Å². The third kappa shape index (κ3) is 3.75. The van der Waals surface area contributed by atoms with Crippen LogP contribution in [0.4, 0.5) is 4.39 Å². The van der Waals surface area contributed by atoms with E-state index in [2.05, 4.69) is 0 Å². The number of nitrogens with zero attached hydrogens (tertiary/aromatic N) is 1. The Bertz CT molecular complexity index is 655. The summed E-state index contributed by atoms with van der Waals surface area (Å²) in [4.78, 5) is 22.7. The minimum atomic E-state index is -0.629. The number of hydrogen-bond acceptors (Lipinski definition) is 3. The van der Waals surface area contributed by atoms with Crippen molar-refractivity contribution in [1.82, 2.24) is 0 Å². The van der Waals surface area contributed by atoms with Gasteiger partial charge in [-0.05, 0) is 30.2 Å². The Balaban J connectivity index is 2.47. The highest BCUT2D eigenvalue weighted by Crippen LogP contribution is 2.34. The molecule has 0 heterocycles. The van der Waals surface area contributed by atoms with Gasteiger partial charge in [0.25, 0.3) is 0 Å². The van der Waals surface area contributed by atoms with Crippen LogP contribution in [-0.2, 0) is 4.79 Å². The van der Waals surface area contributed by atoms with Crippen molar-refractivity contribution in [3.8, 4) is 0 Å². The fraction of sp³-hybridized carbons (Fsp3) is 0.235. The van der Waals surface area contributed by atoms with E-state index >= 15 is 0 Å². The van der Waals surface area contributed by atoms with E-state index in [9.17, 15) is 19.3 Å². The van der Waals surface area contributed by atoms with Crippen molar-refractivity contribution in [3.63, 3.8) is 0 Å². The van der Waals surface area contributed by atoms with E-state index in [4.69, 9.17) is 0 Å². The lowest BCUT2D eigenvalue weighted by Crippen LogP contribution is -2.24. The van der Waals surface area contributed by atoms with Crippen molar-refractivity contribution in [2.75, 3.05) is 6.54 Å². The number of benzene rings is 2. The molecule has 0 aliphatic rings. The summed E-state index contributed by atoms with van der Waals surface area (Å²) in [7, 11) is 0. The average Bonchev–Trinajstić information content (AvgIpc) is 2.48. The number of ketones is 1. The van der Waals surface area contributed by atoms with E-state index in [1.165, 1.54) is 31.2 Å². The van der Waals surface area contributed by atoms with Crippen molar-refractivity contribution in [1.29, 1.82) is 0 Å². The molecule has 0 aliphatic heterocycles. The molecule has 2 unspecified atom stereocenters. The molecule has 2 atom stereocenters. The summed E-state index contributed by atoms with van der Waals surface area (Å²) in [6, 6.07) is 14.5. The first-order valence-electron chi connectivity index (χ1n) is 6.91. The number of halogens is 1. The van der Waals surface area contributed by atoms with Gasteiger partial charge in [0.15, 0.2) is 0 Å². The van der Waals surface area contributed by atoms with Crippen LogP contribution in [0.3, 0.4) is 0 Å². The van der Waals surface area contributed by atoms with Crippen molar-refractivity contribution in [2.24, 2.45) is 0 Å². The molecule has 0 aliphatic carbocycles. The summed E-state index contributed by atoms with van der Waals surface area (Å²) >= 11 is 0. The lowest BCUT2D eigenvalue weighted by molar-refractivity contribution is -0.483. The lowest BCUT2D eigenvalue weighted by Gasteiger charge is -2.23. The van der Waals surface area contributed by atoms with Crippen LogP contribution in [0.1, 0.15) is 29.9 Å². The molecular weight excluding hydrogens is 285 g/mol. The number of carbonyl (C=O) groups is 1. The van der Waals surface area contributed by atoms with Gasteiger partial charge in [-0.15, -0.1) is 0 Å². The topological polar surface area (TPSA) is 60.2 Å². The van der Waals surface area contributed by atoms with Crippen LogP contribution >= 0.6 is 0 Å². The van der Waals surface area contributed by atoms with Crippen molar-refractivity contribution in [2.45, 2.75) is 18.8 Å². The Morgan fingerprint density at radius 3 is 2.18 bits per heavy atom. The summed E-state index contributed by atoms with van der Waals surface area (Å²) in [6.45, 7) is 1.04. The molecule has 0 bridgehead atoms. The van der Waals surface area contributed by atoms with Crippen LogP contribution in [0.15, 0.2) is 54.6 Å². The predicted molar refractivity (Wildman–Crippen MR) is 80.9 cm³/mol. The van der Waals surface area contributed by atoms with Gasteiger partial charge in [0.05, 0.1) is 11.8 Å². The van der Waals surface area contributed by atoms with Crippen molar-refractivity contribution < 1.29 is 14.1 Å². The fourth-order valence-electron chi connectivity index (χ4n) is 2.68. The molecule has 0 N–H and O–H groups in total. The zero-order valence-corrected chi connectivity index (χ0v) is 12.1. The molecular formula is C17H16FNO3. The van der Waals surface area contributed by atoms with Crippen LogP contribution in [0, 0.1) is 15.9 Å². The van der Waals surface area contributed by atoms with Crippen LogP contribution in [0.25, 0.3) is 0 Å². The van der Waals surface area contributed by atoms with E-state index < -0.39 is 22.6 Å². The Hall–Kier alpha value is -2.56. The number of carbonyl (C=O) groups excluding carboxylic acids is 1. The molecule has 4 nitrogen and oxygen atoms in total. The standard InChI is InChI=1S/C17H16FNO3/c1-12(20)17(14-5-3-2-4-6-14)16(11-19(21)22)13-7-9-15(18)10-8-13/h2-10,16-17H,11H2,1H3. The molecule has 5 heteroatoms. The van der Waals surface area contributed by atoms with Gasteiger partial charge < -0.3 is 0 Å². The van der Waals surface area contributed by atoms with Gasteiger partial charge in [-0.1, -0.05) is 42.5 Å². The zero-order chi connectivity index (χ0) is 16.1. The fourth-order valence-corrected chi connectivity index (χ4v) is 2.68. The Kier molecular flexibility index (Phi) is 4.99. The first-order chi connectivity index (χ1) is 10.5. The number of rotatable bonds is 6. The molecule has 2 rings (SSSR count). The van der Waals surface area contributed by atoms with E-state index in [-0.39, 0.29) is 12.3 Å². The smallest absolute Gasteiger partial charge is 0.211 e. The van der Waals surface area contributed by atoms with Gasteiger partial charge in [-0.2, -0.15) is 0 Å². The van der Waals surface area contributed by atoms with Gasteiger partial charge >= 0.3 is 0 Å². The van der Waals surface area contributed by atoms with E-state index in [1.54, 1.807) is 24.3 Å². The Morgan fingerprint density at radius 2 is 1.68 bits per heavy atom. The molecule has 22 heavy (non-hydrogen) atoms. The average molecular weight is 301 g/mol. The minimum Gasteiger partial charge on any atom is -0.299 e. The third-order valence-electron chi connectivity index (χ3n) is 3.64. The molecule has 2 aromatic carbocycles. The van der Waals surface area contributed by atoms with Crippen LogP contribution in [0.5, 0.6) is 0 Å². The van der Waals surface area contributed by atoms with Crippen LogP contribution < -0.4 is 0 Å². The van der Waals surface area contributed by atoms with Gasteiger partial charge in [-0.25, -0.2) is 4.39 Å². The molecule has 0 radical (unpaired) electrons. The van der Waals surface area contributed by atoms with Gasteiger partial charge in [-0.3, -0.25) is 14.9 Å². The van der Waals surface area contributed by atoms with Crippen molar-refractivity contribution >= 4 is 5.78 Å². The second-order valence-corrected chi connectivity index (χ2v) is 5.17. The zero-order valence-electron chi connectivity index (χ0n) is 12.1. The number of Topliss-reactive ketones (excluding diaryl/α,β-unsaturated/α-hetero) is 1. The van der Waals surface area contributed by atoms with Crippen LogP contribution in [0.2, 0.25) is 0 Å². The largest absolute Gasteiger partial charge is 0.299 e. The molecule has 114 valence electrons. The van der Waals surface area contributed by atoms with E-state index in [0.717, 1.165) is 5.56 Å². The summed E-state index contributed by atoms with van der Waals surface area (Å²) in [5, 5.41) is 11.0. The van der Waals surface area contributed by atoms with E-state index in [0.29, 0.717) is 5.56 Å². The minimum absolute atomic E-state index is 0.151. The highest BCUT2D eigenvalue weighted by Gasteiger charge is 2.32. The van der Waals surface area contributed by atoms with Gasteiger partial charge in [0, 0.05) is 4.92 Å². The second-order valence-electron chi connectivity index (χ2n) is 5.17. The quantitative estimate of drug-likeness (QED) is 0.605. The lowest BCUT2D eigenvalue weighted by atomic mass is 9.79. The molecule has 0 spiro atoms. The third-order valence-corrected chi connectivity index (χ3v) is 3.64. The first-order valence-corrected chi connectivity index (χ1v) is 6.91. The number of nitro groups is 1.